The maximum atomic E-state index is 12.7. The average Bonchev–Trinajstić information content (AvgIpc) is 3.18. The van der Waals surface area contributed by atoms with Crippen LogP contribution in [0.5, 0.6) is 0 Å². The van der Waals surface area contributed by atoms with Crippen LogP contribution >= 0.6 is 12.6 Å². The lowest BCUT2D eigenvalue weighted by Gasteiger charge is -2.33. The van der Waals surface area contributed by atoms with Gasteiger partial charge in [0.1, 0.15) is 6.61 Å². The van der Waals surface area contributed by atoms with Crippen molar-refractivity contribution >= 4 is 24.4 Å². The highest BCUT2D eigenvalue weighted by Gasteiger charge is 2.29. The van der Waals surface area contributed by atoms with Crippen molar-refractivity contribution in [1.29, 1.82) is 0 Å². The van der Waals surface area contributed by atoms with E-state index in [0.29, 0.717) is 13.2 Å². The summed E-state index contributed by atoms with van der Waals surface area (Å²) in [6.07, 6.45) is -0.397. The predicted octanol–water partition coefficient (Wildman–Crippen LogP) is 5.04. The first-order valence-corrected chi connectivity index (χ1v) is 12.4. The van der Waals surface area contributed by atoms with Crippen molar-refractivity contribution in [1.82, 2.24) is 10.6 Å². The second-order valence-electron chi connectivity index (χ2n) is 9.07. The molecule has 34 heavy (non-hydrogen) atoms. The number of nitrogens with zero attached hydrogens (tertiary/aromatic N) is 1. The summed E-state index contributed by atoms with van der Waals surface area (Å²) in [7, 11) is 0. The summed E-state index contributed by atoms with van der Waals surface area (Å²) in [6, 6.07) is 18.8. The monoisotopic (exact) mass is 473 g/mol. The molecule has 1 fully saturated rings. The summed E-state index contributed by atoms with van der Waals surface area (Å²) in [5.74, 6) is 0.0580. The van der Waals surface area contributed by atoms with Gasteiger partial charge in [0, 0.05) is 49.2 Å². The van der Waals surface area contributed by atoms with Gasteiger partial charge in [-0.15, -0.1) is 12.6 Å². The van der Waals surface area contributed by atoms with Gasteiger partial charge in [-0.2, -0.15) is 0 Å². The number of nitrogens with one attached hydrogen (secondary N) is 2. The Kier molecular flexibility index (Phi) is 6.53. The minimum absolute atomic E-state index is 0.0580. The number of hydrogen-bond acceptors (Lipinski definition) is 5. The van der Waals surface area contributed by atoms with Crippen molar-refractivity contribution in [2.45, 2.75) is 31.2 Å². The van der Waals surface area contributed by atoms with E-state index in [1.165, 1.54) is 39.1 Å². The number of thiol groups is 1. The van der Waals surface area contributed by atoms with Gasteiger partial charge in [0.2, 0.25) is 0 Å². The number of fused-ring (bicyclic) bond motifs is 3. The lowest BCUT2D eigenvalue weighted by molar-refractivity contribution is 0.142. The SMILES string of the molecule is Cc1c(S)cc(CNC(=O)OCC2c3ccccc3-c3ccccc32)c(C)c1N1CCNCC1. The normalized spacial score (nSPS) is 15.1. The Morgan fingerprint density at radius 2 is 1.65 bits per heavy atom. The average molecular weight is 474 g/mol. The smallest absolute Gasteiger partial charge is 0.407 e. The number of benzene rings is 3. The highest BCUT2D eigenvalue weighted by atomic mass is 32.1. The minimum atomic E-state index is -0.397. The molecule has 2 aliphatic rings. The largest absolute Gasteiger partial charge is 0.449 e. The third-order valence-corrected chi connectivity index (χ3v) is 7.55. The third-order valence-electron chi connectivity index (χ3n) is 7.09. The fourth-order valence-corrected chi connectivity index (χ4v) is 5.56. The zero-order chi connectivity index (χ0) is 23.7. The van der Waals surface area contributed by atoms with Gasteiger partial charge in [-0.3, -0.25) is 0 Å². The Hall–Kier alpha value is -2.96. The summed E-state index contributed by atoms with van der Waals surface area (Å²) in [4.78, 5) is 16.0. The molecule has 3 aromatic carbocycles. The van der Waals surface area contributed by atoms with Gasteiger partial charge in [0.15, 0.2) is 0 Å². The molecule has 1 heterocycles. The van der Waals surface area contributed by atoms with Crippen molar-refractivity contribution in [2.75, 3.05) is 37.7 Å². The van der Waals surface area contributed by atoms with E-state index in [1.807, 2.05) is 12.1 Å². The molecule has 0 spiro atoms. The molecule has 1 amide bonds. The molecule has 0 radical (unpaired) electrons. The second-order valence-corrected chi connectivity index (χ2v) is 9.55. The van der Waals surface area contributed by atoms with Crippen LogP contribution in [0.4, 0.5) is 10.5 Å². The van der Waals surface area contributed by atoms with E-state index in [9.17, 15) is 4.79 Å². The van der Waals surface area contributed by atoms with Crippen molar-refractivity contribution in [3.63, 3.8) is 0 Å². The van der Waals surface area contributed by atoms with Crippen LogP contribution in [0.1, 0.15) is 33.7 Å². The minimum Gasteiger partial charge on any atom is -0.449 e. The zero-order valence-electron chi connectivity index (χ0n) is 19.7. The first kappa shape index (κ1) is 22.8. The van der Waals surface area contributed by atoms with E-state index in [-0.39, 0.29) is 5.92 Å². The van der Waals surface area contributed by atoms with E-state index in [0.717, 1.165) is 36.6 Å². The number of carbonyl (C=O) groups excluding carboxylic acids is 1. The molecule has 1 aliphatic heterocycles. The van der Waals surface area contributed by atoms with E-state index in [4.69, 9.17) is 17.4 Å². The van der Waals surface area contributed by atoms with E-state index in [2.05, 4.69) is 71.8 Å². The molecule has 6 heteroatoms. The maximum Gasteiger partial charge on any atom is 0.407 e. The third kappa shape index (κ3) is 4.28. The molecule has 5 rings (SSSR count). The Morgan fingerprint density at radius 3 is 2.29 bits per heavy atom. The number of piperazine rings is 1. The quantitative estimate of drug-likeness (QED) is 0.455. The molecular formula is C28H31N3O2S. The van der Waals surface area contributed by atoms with Crippen LogP contribution in [0, 0.1) is 13.8 Å². The van der Waals surface area contributed by atoms with Crippen molar-refractivity contribution in [3.05, 3.63) is 82.4 Å². The summed E-state index contributed by atoms with van der Waals surface area (Å²) in [5.41, 5.74) is 9.56. The van der Waals surface area contributed by atoms with E-state index in [1.54, 1.807) is 0 Å². The summed E-state index contributed by atoms with van der Waals surface area (Å²) in [5, 5.41) is 6.37. The second kappa shape index (κ2) is 9.72. The molecule has 0 bridgehead atoms. The van der Waals surface area contributed by atoms with Gasteiger partial charge >= 0.3 is 6.09 Å². The molecule has 5 nitrogen and oxygen atoms in total. The van der Waals surface area contributed by atoms with Crippen LogP contribution in [0.25, 0.3) is 11.1 Å². The summed E-state index contributed by atoms with van der Waals surface area (Å²) < 4.78 is 5.71. The Bertz CT molecular complexity index is 1170. The van der Waals surface area contributed by atoms with Crippen LogP contribution in [0.2, 0.25) is 0 Å². The first-order valence-electron chi connectivity index (χ1n) is 11.9. The number of amides is 1. The van der Waals surface area contributed by atoms with Crippen LogP contribution in [0.3, 0.4) is 0 Å². The van der Waals surface area contributed by atoms with Crippen molar-refractivity contribution in [3.8, 4) is 11.1 Å². The van der Waals surface area contributed by atoms with Crippen LogP contribution in [0.15, 0.2) is 59.5 Å². The van der Waals surface area contributed by atoms with Crippen LogP contribution < -0.4 is 15.5 Å². The Morgan fingerprint density at radius 1 is 1.03 bits per heavy atom. The zero-order valence-corrected chi connectivity index (χ0v) is 20.6. The molecule has 0 atom stereocenters. The Balaban J connectivity index is 1.27. The highest BCUT2D eigenvalue weighted by Crippen LogP contribution is 2.44. The number of anilines is 1. The van der Waals surface area contributed by atoms with Gasteiger partial charge in [-0.05, 0) is 58.9 Å². The number of hydrogen-bond donors (Lipinski definition) is 3. The summed E-state index contributed by atoms with van der Waals surface area (Å²) in [6.45, 7) is 8.87. The van der Waals surface area contributed by atoms with Gasteiger partial charge in [-0.1, -0.05) is 48.5 Å². The fraction of sp³-hybridized carbons (Fsp3) is 0.321. The standard InChI is InChI=1S/C28H31N3O2S/c1-18-20(15-26(34)19(2)27(18)31-13-11-29-12-14-31)16-30-28(32)33-17-25-23-9-5-3-7-21(23)22-8-4-6-10-24(22)25/h3-10,15,25,29,34H,11-14,16-17H2,1-2H3,(H,30,32). The summed E-state index contributed by atoms with van der Waals surface area (Å²) >= 11 is 4.72. The molecule has 3 aromatic rings. The highest BCUT2D eigenvalue weighted by molar-refractivity contribution is 7.80. The number of alkyl carbamates (subject to hydrolysis) is 1. The van der Waals surface area contributed by atoms with Crippen LogP contribution in [-0.2, 0) is 11.3 Å². The van der Waals surface area contributed by atoms with Crippen LogP contribution in [-0.4, -0.2) is 38.9 Å². The van der Waals surface area contributed by atoms with Gasteiger partial charge in [0.05, 0.1) is 0 Å². The van der Waals surface area contributed by atoms with Crippen molar-refractivity contribution < 1.29 is 9.53 Å². The molecule has 2 N–H and O–H groups in total. The lowest BCUT2D eigenvalue weighted by Crippen LogP contribution is -2.44. The van der Waals surface area contributed by atoms with Gasteiger partial charge in [-0.25, -0.2) is 4.79 Å². The number of rotatable bonds is 5. The number of carbonyl (C=O) groups is 1. The van der Waals surface area contributed by atoms with E-state index < -0.39 is 6.09 Å². The molecule has 176 valence electrons. The number of ether oxygens (including phenoxy) is 1. The molecule has 1 aliphatic carbocycles. The topological polar surface area (TPSA) is 53.6 Å². The Labute approximate surface area is 206 Å². The molecule has 0 unspecified atom stereocenters. The van der Waals surface area contributed by atoms with E-state index >= 15 is 0 Å². The van der Waals surface area contributed by atoms with Gasteiger partial charge in [0.25, 0.3) is 0 Å². The van der Waals surface area contributed by atoms with Gasteiger partial charge < -0.3 is 20.3 Å². The molecule has 1 saturated heterocycles. The lowest BCUT2D eigenvalue weighted by atomic mass is 9.98. The maximum absolute atomic E-state index is 12.7. The predicted molar refractivity (Wildman–Crippen MR) is 140 cm³/mol. The molecule has 0 aromatic heterocycles. The fourth-order valence-electron chi connectivity index (χ4n) is 5.30. The molecular weight excluding hydrogens is 442 g/mol. The van der Waals surface area contributed by atoms with Crippen molar-refractivity contribution in [2.24, 2.45) is 0 Å². The first-order chi connectivity index (χ1) is 16.5. The molecule has 0 saturated carbocycles.